The van der Waals surface area contributed by atoms with E-state index < -0.39 is 0 Å². The molecule has 0 fully saturated rings. The molecule has 5 heterocycles. The van der Waals surface area contributed by atoms with Gasteiger partial charge in [0.05, 0.1) is 17.1 Å². The molecular formula is C34H40N4O4. The summed E-state index contributed by atoms with van der Waals surface area (Å²) < 4.78 is 11.0. The SMILES string of the molecule is C=Cc1c2[nH]c(c1C)/C=C1N=C(/C(COC=O)=c3\[nH]/c(c(C)c3OC=O)=C\C3N/C(=C\2)C(C)=C3CC)C(C(C)C)C\1C. The van der Waals surface area contributed by atoms with Gasteiger partial charge in [0.2, 0.25) is 0 Å². The highest BCUT2D eigenvalue weighted by atomic mass is 16.5. The quantitative estimate of drug-likeness (QED) is 0.400. The van der Waals surface area contributed by atoms with Gasteiger partial charge in [-0.3, -0.25) is 14.6 Å². The number of nitrogens with zero attached hydrogens (tertiary/aromatic N) is 1. The van der Waals surface area contributed by atoms with Crippen molar-refractivity contribution in [3.05, 3.63) is 67.9 Å². The molecule has 2 aromatic heterocycles. The van der Waals surface area contributed by atoms with Crippen LogP contribution in [-0.2, 0) is 14.3 Å². The Hall–Kier alpha value is -4.33. The van der Waals surface area contributed by atoms with Crippen LogP contribution in [-0.4, -0.2) is 41.3 Å². The summed E-state index contributed by atoms with van der Waals surface area (Å²) in [4.78, 5) is 35.5. The normalized spacial score (nSPS) is 26.0. The Bertz CT molecular complexity index is 1710. The van der Waals surface area contributed by atoms with Gasteiger partial charge in [-0.05, 0) is 68.0 Å². The molecule has 3 aliphatic heterocycles. The van der Waals surface area contributed by atoms with E-state index in [1.807, 2.05) is 13.0 Å². The molecule has 0 amide bonds. The summed E-state index contributed by atoms with van der Waals surface area (Å²) in [5.41, 5.74) is 10.9. The Morgan fingerprint density at radius 3 is 2.48 bits per heavy atom. The smallest absolute Gasteiger partial charge is 0.298 e. The van der Waals surface area contributed by atoms with E-state index in [0.29, 0.717) is 29.6 Å². The topological polar surface area (TPSA) is 109 Å². The maximum Gasteiger partial charge on any atom is 0.298 e. The second kappa shape index (κ2) is 11.5. The van der Waals surface area contributed by atoms with Crippen molar-refractivity contribution in [2.45, 2.75) is 60.9 Å². The molecule has 42 heavy (non-hydrogen) atoms. The number of carbonyl (C=O) groups excluding carboxylic acids is 2. The second-order valence-electron chi connectivity index (χ2n) is 11.6. The first-order chi connectivity index (χ1) is 20.1. The first kappa shape index (κ1) is 29.2. The maximum absolute atomic E-state index is 11.7. The predicted octanol–water partition coefficient (Wildman–Crippen LogP) is 4.70. The molecule has 5 rings (SSSR count). The summed E-state index contributed by atoms with van der Waals surface area (Å²) in [5.74, 6) is 0.784. The van der Waals surface area contributed by atoms with Crippen molar-refractivity contribution in [2.75, 3.05) is 6.61 Å². The fourth-order valence-electron chi connectivity index (χ4n) is 6.80. The molecule has 0 aromatic carbocycles. The zero-order valence-corrected chi connectivity index (χ0v) is 25.5. The average molecular weight is 569 g/mol. The number of carbonyl (C=O) groups is 2. The Morgan fingerprint density at radius 1 is 1.07 bits per heavy atom. The molecule has 3 N–H and O–H groups in total. The van der Waals surface area contributed by atoms with Gasteiger partial charge in [0, 0.05) is 56.7 Å². The van der Waals surface area contributed by atoms with Crippen LogP contribution >= 0.6 is 0 Å². The van der Waals surface area contributed by atoms with Gasteiger partial charge in [-0.25, -0.2) is 0 Å². The van der Waals surface area contributed by atoms with Crippen molar-refractivity contribution in [1.82, 2.24) is 15.3 Å². The van der Waals surface area contributed by atoms with Crippen LogP contribution in [0.2, 0.25) is 0 Å². The molecule has 8 heteroatoms. The molecule has 0 aliphatic carbocycles. The van der Waals surface area contributed by atoms with Crippen molar-refractivity contribution in [2.24, 2.45) is 22.7 Å². The number of hydrogen-bond donors (Lipinski definition) is 3. The summed E-state index contributed by atoms with van der Waals surface area (Å²) in [6, 6.07) is -0.0698. The molecule has 3 unspecified atom stereocenters. The van der Waals surface area contributed by atoms with E-state index in [1.54, 1.807) is 0 Å². The van der Waals surface area contributed by atoms with Crippen LogP contribution in [0, 0.1) is 31.6 Å². The first-order valence-corrected chi connectivity index (χ1v) is 14.6. The van der Waals surface area contributed by atoms with Crippen LogP contribution in [0.4, 0.5) is 0 Å². The number of ether oxygens (including phenoxy) is 2. The second-order valence-corrected chi connectivity index (χ2v) is 11.6. The van der Waals surface area contributed by atoms with Crippen LogP contribution in [0.5, 0.6) is 5.75 Å². The molecule has 220 valence electrons. The van der Waals surface area contributed by atoms with Gasteiger partial charge in [0.15, 0.2) is 5.75 Å². The molecule has 0 radical (unpaired) electrons. The van der Waals surface area contributed by atoms with E-state index in [4.69, 9.17) is 14.5 Å². The predicted molar refractivity (Wildman–Crippen MR) is 168 cm³/mol. The van der Waals surface area contributed by atoms with Gasteiger partial charge >= 0.3 is 0 Å². The van der Waals surface area contributed by atoms with Crippen molar-refractivity contribution < 1.29 is 19.1 Å². The van der Waals surface area contributed by atoms with E-state index >= 15 is 0 Å². The van der Waals surface area contributed by atoms with E-state index in [1.165, 1.54) is 11.1 Å². The minimum absolute atomic E-state index is 0.0137. The van der Waals surface area contributed by atoms with Crippen LogP contribution in [0.1, 0.15) is 69.1 Å². The summed E-state index contributed by atoms with van der Waals surface area (Å²) in [5, 5.41) is 5.12. The monoisotopic (exact) mass is 568 g/mol. The van der Waals surface area contributed by atoms with Crippen LogP contribution in [0.25, 0.3) is 29.9 Å². The third-order valence-electron chi connectivity index (χ3n) is 9.03. The number of fused-ring (bicyclic) bond motifs is 7. The van der Waals surface area contributed by atoms with Crippen molar-refractivity contribution in [3.8, 4) is 5.75 Å². The van der Waals surface area contributed by atoms with E-state index in [-0.39, 0.29) is 30.4 Å². The Kier molecular flexibility index (Phi) is 7.99. The Morgan fingerprint density at radius 2 is 1.83 bits per heavy atom. The molecule has 3 atom stereocenters. The molecule has 8 nitrogen and oxygen atoms in total. The lowest BCUT2D eigenvalue weighted by Crippen LogP contribution is -2.30. The molecule has 8 bridgehead atoms. The number of aliphatic imine (C=N–C) groups is 1. The highest BCUT2D eigenvalue weighted by molar-refractivity contribution is 6.22. The van der Waals surface area contributed by atoms with Gasteiger partial charge in [0.1, 0.15) is 6.61 Å². The lowest BCUT2D eigenvalue weighted by molar-refractivity contribution is -0.127. The van der Waals surface area contributed by atoms with Crippen LogP contribution < -0.4 is 20.8 Å². The van der Waals surface area contributed by atoms with E-state index in [9.17, 15) is 9.59 Å². The molecule has 0 saturated heterocycles. The standard InChI is InChI=1S/C34H40N4O4/c1-9-22-18(5)25-11-27-20(7)31(17(3)4)32(37-27)24(14-41-15-39)33-34(42-16-40)21(8)28(38-33)13-30-23(10-2)19(6)26(36-30)12-29(22)35-25/h9,11-13,15-17,20,30-31,35-36,38H,1,10,14H2,2-8H3/b26-12-,27-11-,28-13-,33-24-. The van der Waals surface area contributed by atoms with E-state index in [0.717, 1.165) is 57.0 Å². The summed E-state index contributed by atoms with van der Waals surface area (Å²) in [6.07, 6.45) is 9.18. The Labute approximate surface area is 246 Å². The first-order valence-electron chi connectivity index (χ1n) is 14.6. The fraction of sp³-hybridized carbons (Fsp3) is 0.382. The number of rotatable bonds is 8. The average Bonchev–Trinajstić information content (AvgIpc) is 3.63. The van der Waals surface area contributed by atoms with Crippen molar-refractivity contribution >= 4 is 48.5 Å². The van der Waals surface area contributed by atoms with Crippen LogP contribution in [0.3, 0.4) is 0 Å². The number of allylic oxidation sites excluding steroid dienone is 2. The zero-order valence-electron chi connectivity index (χ0n) is 25.5. The molecular weight excluding hydrogens is 528 g/mol. The van der Waals surface area contributed by atoms with E-state index in [2.05, 4.69) is 81.6 Å². The summed E-state index contributed by atoms with van der Waals surface area (Å²) in [6.45, 7) is 19.8. The van der Waals surface area contributed by atoms with Gasteiger partial charge < -0.3 is 24.8 Å². The largest absolute Gasteiger partial charge is 0.463 e. The number of aromatic amines is 2. The highest BCUT2D eigenvalue weighted by Crippen LogP contribution is 2.40. The zero-order chi connectivity index (χ0) is 30.3. The summed E-state index contributed by atoms with van der Waals surface area (Å²) in [7, 11) is 0. The minimum Gasteiger partial charge on any atom is -0.463 e. The maximum atomic E-state index is 11.7. The fourth-order valence-corrected chi connectivity index (χ4v) is 6.80. The third kappa shape index (κ3) is 4.78. The van der Waals surface area contributed by atoms with Gasteiger partial charge in [-0.15, -0.1) is 0 Å². The van der Waals surface area contributed by atoms with Gasteiger partial charge in [-0.2, -0.15) is 0 Å². The lowest BCUT2D eigenvalue weighted by Gasteiger charge is -2.23. The Balaban J connectivity index is 1.93. The minimum atomic E-state index is -0.0698. The molecule has 3 aliphatic rings. The van der Waals surface area contributed by atoms with Gasteiger partial charge in [0.25, 0.3) is 12.9 Å². The number of H-pyrrole nitrogens is 2. The molecule has 0 saturated carbocycles. The molecule has 2 aromatic rings. The highest BCUT2D eigenvalue weighted by Gasteiger charge is 2.37. The van der Waals surface area contributed by atoms with Crippen molar-refractivity contribution in [3.63, 3.8) is 0 Å². The number of hydrogen-bond acceptors (Lipinski definition) is 6. The molecule has 0 spiro atoms. The lowest BCUT2D eigenvalue weighted by atomic mass is 9.79. The third-order valence-corrected chi connectivity index (χ3v) is 9.03. The number of nitrogens with one attached hydrogen (secondary N) is 3. The van der Waals surface area contributed by atoms with Gasteiger partial charge in [-0.1, -0.05) is 40.3 Å². The van der Waals surface area contributed by atoms with Crippen LogP contribution in [0.15, 0.2) is 34.1 Å². The van der Waals surface area contributed by atoms with Crippen molar-refractivity contribution in [1.29, 1.82) is 0 Å². The number of aromatic nitrogens is 2. The summed E-state index contributed by atoms with van der Waals surface area (Å²) >= 11 is 0.